The number of aromatic nitrogens is 2. The first-order valence-electron chi connectivity index (χ1n) is 8.90. The van der Waals surface area contributed by atoms with Gasteiger partial charge in [0, 0.05) is 11.8 Å². The Morgan fingerprint density at radius 1 is 1.35 bits per heavy atom. The molecule has 3 rings (SSSR count). The molecule has 0 aliphatic heterocycles. The summed E-state index contributed by atoms with van der Waals surface area (Å²) in [7, 11) is 0. The van der Waals surface area contributed by atoms with E-state index in [1.54, 1.807) is 6.92 Å². The molecule has 1 aromatic carbocycles. The van der Waals surface area contributed by atoms with E-state index >= 15 is 0 Å². The van der Waals surface area contributed by atoms with Crippen molar-refractivity contribution in [3.63, 3.8) is 0 Å². The average Bonchev–Trinajstić information content (AvgIpc) is 3.39. The highest BCUT2D eigenvalue weighted by molar-refractivity contribution is 6.38. The van der Waals surface area contributed by atoms with Crippen LogP contribution in [-0.4, -0.2) is 34.6 Å². The van der Waals surface area contributed by atoms with Crippen molar-refractivity contribution in [1.29, 1.82) is 5.41 Å². The Labute approximate surface area is 183 Å². The van der Waals surface area contributed by atoms with Crippen LogP contribution in [-0.2, 0) is 21.1 Å². The first kappa shape index (κ1) is 22.9. The molecule has 0 unspecified atom stereocenters. The Hall–Kier alpha value is -2.79. The normalized spacial score (nSPS) is 14.8. The lowest BCUT2D eigenvalue weighted by atomic mass is 9.94. The minimum absolute atomic E-state index is 0.0233. The Bertz CT molecular complexity index is 1060. The van der Waals surface area contributed by atoms with E-state index in [1.807, 2.05) is 0 Å². The quantitative estimate of drug-likeness (QED) is 0.537. The van der Waals surface area contributed by atoms with Crippen molar-refractivity contribution >= 4 is 47.2 Å². The molecule has 1 fully saturated rings. The first-order valence-corrected chi connectivity index (χ1v) is 9.66. The van der Waals surface area contributed by atoms with Crippen LogP contribution >= 0.6 is 23.2 Å². The first-order chi connectivity index (χ1) is 14.5. The summed E-state index contributed by atoms with van der Waals surface area (Å²) in [6.07, 6.45) is -4.11. The van der Waals surface area contributed by atoms with Gasteiger partial charge in [0.15, 0.2) is 0 Å². The molecular weight excluding hydrogens is 462 g/mol. The maximum atomic E-state index is 13.1. The number of hydrogen-bond acceptors (Lipinski definition) is 5. The van der Waals surface area contributed by atoms with Gasteiger partial charge in [0.1, 0.15) is 17.2 Å². The number of amides is 2. The van der Waals surface area contributed by atoms with Crippen molar-refractivity contribution in [1.82, 2.24) is 9.78 Å². The molecule has 2 amide bonds. The number of carbonyl (C=O) groups is 2. The molecule has 1 aromatic heterocycles. The summed E-state index contributed by atoms with van der Waals surface area (Å²) in [4.78, 5) is 24.3. The van der Waals surface area contributed by atoms with E-state index in [-0.39, 0.29) is 29.4 Å². The SMILES string of the molecule is CCOC(=O)Nc1c(C2(C(N)=O)CC2)c(C=N)nn1-c1c(Cl)cc(C(F)(F)F)cc1Cl. The average molecular weight is 478 g/mol. The molecule has 13 heteroatoms. The van der Waals surface area contributed by atoms with Crippen LogP contribution in [0, 0.1) is 5.41 Å². The van der Waals surface area contributed by atoms with Crippen LogP contribution in [0.15, 0.2) is 12.1 Å². The molecule has 1 aliphatic carbocycles. The van der Waals surface area contributed by atoms with E-state index in [0.717, 1.165) is 10.9 Å². The largest absolute Gasteiger partial charge is 0.450 e. The summed E-state index contributed by atoms with van der Waals surface area (Å²) in [5, 5.41) is 13.4. The zero-order valence-corrected chi connectivity index (χ0v) is 17.5. The smallest absolute Gasteiger partial charge is 0.416 e. The highest BCUT2D eigenvalue weighted by Gasteiger charge is 2.54. The molecule has 1 saturated carbocycles. The maximum absolute atomic E-state index is 13.1. The van der Waals surface area contributed by atoms with E-state index in [9.17, 15) is 22.8 Å². The third kappa shape index (κ3) is 4.07. The second kappa shape index (κ2) is 8.04. The minimum Gasteiger partial charge on any atom is -0.450 e. The minimum atomic E-state index is -4.70. The van der Waals surface area contributed by atoms with Crippen molar-refractivity contribution < 1.29 is 27.5 Å². The lowest BCUT2D eigenvalue weighted by molar-refractivity contribution is -0.137. The standard InChI is InChI=1S/C18H16Cl2F3N5O3/c1-2-31-16(30)26-14-12(17(3-4-17)15(25)29)11(7-24)27-28(14)13-9(19)5-8(6-10(13)20)18(21,22)23/h5-7,24H,2-4H2,1H3,(H2,25,29)(H,26,30). The predicted molar refractivity (Wildman–Crippen MR) is 107 cm³/mol. The van der Waals surface area contributed by atoms with Crippen LogP contribution in [0.4, 0.5) is 23.8 Å². The summed E-state index contributed by atoms with van der Waals surface area (Å²) < 4.78 is 45.1. The number of benzene rings is 1. The Kier molecular flexibility index (Phi) is 5.94. The molecule has 0 atom stereocenters. The van der Waals surface area contributed by atoms with E-state index < -0.39 is 39.2 Å². The molecule has 2 aromatic rings. The van der Waals surface area contributed by atoms with Gasteiger partial charge in [-0.25, -0.2) is 9.48 Å². The number of nitrogens with two attached hydrogens (primary N) is 1. The zero-order chi connectivity index (χ0) is 23.1. The van der Waals surface area contributed by atoms with Crippen molar-refractivity contribution in [2.75, 3.05) is 11.9 Å². The van der Waals surface area contributed by atoms with Crippen molar-refractivity contribution in [2.24, 2.45) is 5.73 Å². The van der Waals surface area contributed by atoms with Crippen molar-refractivity contribution in [3.05, 3.63) is 39.0 Å². The summed E-state index contributed by atoms with van der Waals surface area (Å²) >= 11 is 12.2. The van der Waals surface area contributed by atoms with Gasteiger partial charge in [0.05, 0.1) is 27.6 Å². The fraction of sp³-hybridized carbons (Fsp3) is 0.333. The maximum Gasteiger partial charge on any atom is 0.416 e. The van der Waals surface area contributed by atoms with Gasteiger partial charge >= 0.3 is 12.3 Å². The van der Waals surface area contributed by atoms with Gasteiger partial charge in [0.2, 0.25) is 5.91 Å². The van der Waals surface area contributed by atoms with Crippen molar-refractivity contribution in [2.45, 2.75) is 31.4 Å². The summed E-state index contributed by atoms with van der Waals surface area (Å²) in [6.45, 7) is 1.59. The van der Waals surface area contributed by atoms with Crippen LogP contribution in [0.2, 0.25) is 10.0 Å². The molecule has 0 radical (unpaired) electrons. The summed E-state index contributed by atoms with van der Waals surface area (Å²) in [6, 6.07) is 1.31. The fourth-order valence-electron chi connectivity index (χ4n) is 3.23. The molecule has 0 saturated heterocycles. The molecule has 31 heavy (non-hydrogen) atoms. The lowest BCUT2D eigenvalue weighted by Gasteiger charge is -2.17. The number of nitrogens with one attached hydrogen (secondary N) is 2. The summed E-state index contributed by atoms with van der Waals surface area (Å²) in [5.41, 5.74) is 3.18. The number of rotatable bonds is 6. The van der Waals surface area contributed by atoms with Gasteiger partial charge < -0.3 is 15.9 Å². The van der Waals surface area contributed by atoms with Crippen LogP contribution in [0.25, 0.3) is 5.69 Å². The van der Waals surface area contributed by atoms with Gasteiger partial charge in [0.25, 0.3) is 0 Å². The van der Waals surface area contributed by atoms with Gasteiger partial charge in [-0.05, 0) is 31.9 Å². The molecule has 0 bridgehead atoms. The Morgan fingerprint density at radius 3 is 2.35 bits per heavy atom. The monoisotopic (exact) mass is 477 g/mol. The molecule has 166 valence electrons. The molecule has 0 spiro atoms. The lowest BCUT2D eigenvalue weighted by Crippen LogP contribution is -2.30. The van der Waals surface area contributed by atoms with Crippen LogP contribution in [0.3, 0.4) is 0 Å². The fourth-order valence-corrected chi connectivity index (χ4v) is 3.87. The highest BCUT2D eigenvalue weighted by atomic mass is 35.5. The van der Waals surface area contributed by atoms with Gasteiger partial charge in [-0.3, -0.25) is 10.1 Å². The van der Waals surface area contributed by atoms with Gasteiger partial charge in [-0.2, -0.15) is 18.3 Å². The molecule has 8 nitrogen and oxygen atoms in total. The van der Waals surface area contributed by atoms with Crippen molar-refractivity contribution in [3.8, 4) is 5.69 Å². The molecule has 1 heterocycles. The van der Waals surface area contributed by atoms with Crippen LogP contribution in [0.5, 0.6) is 0 Å². The number of carbonyl (C=O) groups excluding carboxylic acids is 2. The van der Waals surface area contributed by atoms with E-state index in [1.165, 1.54) is 0 Å². The number of primary amides is 1. The number of anilines is 1. The summed E-state index contributed by atoms with van der Waals surface area (Å²) in [5.74, 6) is -0.830. The second-order valence-corrected chi connectivity index (χ2v) is 7.56. The highest BCUT2D eigenvalue weighted by Crippen LogP contribution is 2.52. The molecule has 1 aliphatic rings. The molecule has 4 N–H and O–H groups in total. The molecular formula is C18H16Cl2F3N5O3. The van der Waals surface area contributed by atoms with Gasteiger partial charge in [-0.1, -0.05) is 23.2 Å². The number of nitrogens with zero attached hydrogens (tertiary/aromatic N) is 2. The third-order valence-corrected chi connectivity index (χ3v) is 5.38. The third-order valence-electron chi connectivity index (χ3n) is 4.80. The Balaban J connectivity index is 2.29. The Morgan fingerprint density at radius 2 is 1.94 bits per heavy atom. The van der Waals surface area contributed by atoms with Crippen LogP contribution < -0.4 is 11.1 Å². The van der Waals surface area contributed by atoms with E-state index in [2.05, 4.69) is 10.4 Å². The number of halogens is 5. The van der Waals surface area contributed by atoms with Crippen LogP contribution in [0.1, 0.15) is 36.6 Å². The number of ether oxygens (including phenoxy) is 1. The topological polar surface area (TPSA) is 123 Å². The number of hydrogen-bond donors (Lipinski definition) is 3. The zero-order valence-electron chi connectivity index (χ0n) is 15.9. The predicted octanol–water partition coefficient (Wildman–Crippen LogP) is 4.28. The van der Waals surface area contributed by atoms with E-state index in [4.69, 9.17) is 39.1 Å². The van der Waals surface area contributed by atoms with Gasteiger partial charge in [-0.15, -0.1) is 0 Å². The second-order valence-electron chi connectivity index (χ2n) is 6.74. The number of alkyl halides is 3. The van der Waals surface area contributed by atoms with E-state index in [0.29, 0.717) is 25.0 Å².